The van der Waals surface area contributed by atoms with Gasteiger partial charge in [-0.25, -0.2) is 9.50 Å². The van der Waals surface area contributed by atoms with Crippen LogP contribution in [-0.4, -0.2) is 27.5 Å². The number of rotatable bonds is 5. The molecule has 30 heavy (non-hydrogen) atoms. The van der Waals surface area contributed by atoms with Crippen molar-refractivity contribution >= 4 is 17.1 Å². The molecule has 0 unspecified atom stereocenters. The number of anilines is 1. The molecular weight excluding hydrogens is 376 g/mol. The number of ether oxygens (including phenoxy) is 1. The third-order valence-electron chi connectivity index (χ3n) is 5.54. The average molecular weight is 409 g/mol. The van der Waals surface area contributed by atoms with Gasteiger partial charge in [0.25, 0.3) is 0 Å². The number of nitrogen functional groups attached to an aromatic ring is 1. The van der Waals surface area contributed by atoms with Crippen molar-refractivity contribution in [3.05, 3.63) is 42.2 Å². The van der Waals surface area contributed by atoms with Crippen molar-refractivity contribution in [2.24, 2.45) is 5.92 Å². The molecule has 6 nitrogen and oxygen atoms in total. The van der Waals surface area contributed by atoms with Gasteiger partial charge in [-0.3, -0.25) is 4.79 Å². The summed E-state index contributed by atoms with van der Waals surface area (Å²) in [5, 5.41) is 4.42. The number of hydrogen-bond acceptors (Lipinski definition) is 5. The second-order valence-electron chi connectivity index (χ2n) is 8.00. The van der Waals surface area contributed by atoms with E-state index < -0.39 is 0 Å². The van der Waals surface area contributed by atoms with Gasteiger partial charge in [0.2, 0.25) is 0 Å². The van der Waals surface area contributed by atoms with E-state index in [1.54, 1.807) is 30.0 Å². The summed E-state index contributed by atoms with van der Waals surface area (Å²) in [7, 11) is 1.58. The summed E-state index contributed by atoms with van der Waals surface area (Å²) in [5.41, 5.74) is 9.22. The molecular formula is C24H32N4O2. The van der Waals surface area contributed by atoms with Crippen LogP contribution in [0.5, 0.6) is 5.75 Å². The lowest BCUT2D eigenvalue weighted by molar-refractivity contribution is 0.0976. The zero-order valence-electron chi connectivity index (χ0n) is 18.2. The van der Waals surface area contributed by atoms with E-state index >= 15 is 0 Å². The number of aromatic nitrogens is 3. The van der Waals surface area contributed by atoms with Gasteiger partial charge in [-0.1, -0.05) is 52.0 Å². The van der Waals surface area contributed by atoms with Crippen molar-refractivity contribution in [1.82, 2.24) is 14.6 Å². The molecule has 1 fully saturated rings. The molecule has 0 amide bonds. The monoisotopic (exact) mass is 408 g/mol. The van der Waals surface area contributed by atoms with Crippen LogP contribution < -0.4 is 10.5 Å². The minimum atomic E-state index is 0.0267. The fraction of sp³-hybridized carbons (Fsp3) is 0.458. The van der Waals surface area contributed by atoms with Crippen molar-refractivity contribution in [3.8, 4) is 17.0 Å². The maximum atomic E-state index is 12.1. The van der Waals surface area contributed by atoms with Crippen molar-refractivity contribution in [3.63, 3.8) is 0 Å². The molecule has 2 heterocycles. The maximum Gasteiger partial charge on any atom is 0.183 e. The molecule has 160 valence electrons. The smallest absolute Gasteiger partial charge is 0.183 e. The lowest BCUT2D eigenvalue weighted by Gasteiger charge is -2.15. The highest BCUT2D eigenvalue weighted by Crippen LogP contribution is 2.29. The Balaban J connectivity index is 0.000000310. The molecule has 3 aromatic rings. The van der Waals surface area contributed by atoms with Crippen molar-refractivity contribution in [2.45, 2.75) is 58.8 Å². The van der Waals surface area contributed by atoms with E-state index in [2.05, 4.69) is 17.0 Å². The van der Waals surface area contributed by atoms with Crippen LogP contribution in [0.15, 0.2) is 36.5 Å². The maximum absolute atomic E-state index is 12.1. The number of carbonyl (C=O) groups excluding carboxylic acids is 1. The largest absolute Gasteiger partial charge is 0.495 e. The minimum Gasteiger partial charge on any atom is -0.495 e. The first kappa shape index (κ1) is 21.8. The van der Waals surface area contributed by atoms with Crippen LogP contribution in [0.1, 0.15) is 69.3 Å². The van der Waals surface area contributed by atoms with E-state index in [1.807, 2.05) is 25.1 Å². The molecule has 1 aromatic carbocycles. The predicted molar refractivity (Wildman–Crippen MR) is 121 cm³/mol. The van der Waals surface area contributed by atoms with Crippen molar-refractivity contribution in [1.29, 1.82) is 0 Å². The fourth-order valence-electron chi connectivity index (χ4n) is 3.78. The molecule has 0 radical (unpaired) electrons. The van der Waals surface area contributed by atoms with Crippen LogP contribution in [0.3, 0.4) is 0 Å². The lowest BCUT2D eigenvalue weighted by Crippen LogP contribution is -2.01. The Bertz CT molecular complexity index is 990. The van der Waals surface area contributed by atoms with Gasteiger partial charge < -0.3 is 10.5 Å². The van der Waals surface area contributed by atoms with Crippen LogP contribution in [0.2, 0.25) is 0 Å². The normalized spacial score (nSPS) is 14.2. The Hall–Kier alpha value is -2.89. The highest BCUT2D eigenvalue weighted by Gasteiger charge is 2.14. The Morgan fingerprint density at radius 1 is 1.20 bits per heavy atom. The SMILES string of the molecule is CC1CCCCC1.CCCC(=O)c1cc2nccc(-c3ccc(N)c(OC)c3)n2n1. The molecule has 0 aliphatic heterocycles. The lowest BCUT2D eigenvalue weighted by atomic mass is 9.91. The van der Waals surface area contributed by atoms with Gasteiger partial charge in [0.05, 0.1) is 18.5 Å². The molecule has 0 saturated heterocycles. The number of fused-ring (bicyclic) bond motifs is 1. The van der Waals surface area contributed by atoms with Gasteiger partial charge in [0.1, 0.15) is 11.4 Å². The van der Waals surface area contributed by atoms with Crippen molar-refractivity contribution in [2.75, 3.05) is 12.8 Å². The van der Waals surface area contributed by atoms with Crippen LogP contribution >= 0.6 is 0 Å². The summed E-state index contributed by atoms with van der Waals surface area (Å²) in [6, 6.07) is 9.09. The Morgan fingerprint density at radius 2 is 1.97 bits per heavy atom. The summed E-state index contributed by atoms with van der Waals surface area (Å²) in [6.45, 7) is 4.33. The van der Waals surface area contributed by atoms with Gasteiger partial charge >= 0.3 is 0 Å². The van der Waals surface area contributed by atoms with Crippen molar-refractivity contribution < 1.29 is 9.53 Å². The first-order chi connectivity index (χ1) is 14.5. The second-order valence-corrected chi connectivity index (χ2v) is 8.00. The molecule has 4 rings (SSSR count). The number of carbonyl (C=O) groups is 1. The molecule has 1 aliphatic carbocycles. The summed E-state index contributed by atoms with van der Waals surface area (Å²) < 4.78 is 6.94. The van der Waals surface area contributed by atoms with E-state index in [4.69, 9.17) is 10.5 Å². The van der Waals surface area contributed by atoms with Gasteiger partial charge in [-0.2, -0.15) is 5.10 Å². The van der Waals surface area contributed by atoms with Gasteiger partial charge in [-0.15, -0.1) is 0 Å². The Morgan fingerprint density at radius 3 is 2.60 bits per heavy atom. The number of ketones is 1. The first-order valence-electron chi connectivity index (χ1n) is 10.8. The predicted octanol–water partition coefficient (Wildman–Crippen LogP) is 5.56. The van der Waals surface area contributed by atoms with E-state index in [-0.39, 0.29) is 5.78 Å². The minimum absolute atomic E-state index is 0.0267. The standard InChI is InChI=1S/C17H18N4O2.C7H14/c1-3-4-15(22)13-10-17-19-8-7-14(21(17)20-13)11-5-6-12(18)16(9-11)23-2;1-7-5-3-2-4-6-7/h5-10H,3-4,18H2,1-2H3;7H,2-6H2,1H3. The van der Waals surface area contributed by atoms with Crippen LogP contribution in [0, 0.1) is 5.92 Å². The number of hydrogen-bond donors (Lipinski definition) is 1. The van der Waals surface area contributed by atoms with Crippen LogP contribution in [0.25, 0.3) is 16.9 Å². The van der Waals surface area contributed by atoms with E-state index in [1.165, 1.54) is 32.1 Å². The summed E-state index contributed by atoms with van der Waals surface area (Å²) in [5.74, 6) is 1.66. The third-order valence-corrected chi connectivity index (χ3v) is 5.54. The molecule has 2 N–H and O–H groups in total. The number of benzene rings is 1. The molecule has 0 spiro atoms. The highest BCUT2D eigenvalue weighted by molar-refractivity contribution is 5.95. The van der Waals surface area contributed by atoms with Crippen LogP contribution in [-0.2, 0) is 0 Å². The Labute approximate surface area is 178 Å². The Kier molecular flexibility index (Phi) is 7.44. The number of nitrogens with two attached hydrogens (primary N) is 1. The topological polar surface area (TPSA) is 82.5 Å². The molecule has 0 atom stereocenters. The summed E-state index contributed by atoms with van der Waals surface area (Å²) >= 11 is 0. The number of nitrogens with zero attached hydrogens (tertiary/aromatic N) is 3. The highest BCUT2D eigenvalue weighted by atomic mass is 16.5. The zero-order chi connectivity index (χ0) is 21.5. The van der Waals surface area contributed by atoms with Gasteiger partial charge in [0.15, 0.2) is 11.4 Å². The molecule has 2 aromatic heterocycles. The molecule has 1 aliphatic rings. The quantitative estimate of drug-likeness (QED) is 0.442. The van der Waals surface area contributed by atoms with E-state index in [0.717, 1.165) is 23.6 Å². The van der Waals surface area contributed by atoms with Gasteiger partial charge in [-0.05, 0) is 30.5 Å². The number of methoxy groups -OCH3 is 1. The summed E-state index contributed by atoms with van der Waals surface area (Å²) in [4.78, 5) is 16.4. The molecule has 1 saturated carbocycles. The molecule has 0 bridgehead atoms. The second kappa shape index (κ2) is 10.2. The average Bonchev–Trinajstić information content (AvgIpc) is 3.20. The third kappa shape index (κ3) is 5.17. The van der Waals surface area contributed by atoms with E-state index in [0.29, 0.717) is 29.2 Å². The number of Topliss-reactive ketones (excluding diaryl/α,β-unsaturated/α-hetero) is 1. The fourth-order valence-corrected chi connectivity index (χ4v) is 3.78. The molecule has 6 heteroatoms. The van der Waals surface area contributed by atoms with Crippen LogP contribution in [0.4, 0.5) is 5.69 Å². The van der Waals surface area contributed by atoms with E-state index in [9.17, 15) is 4.79 Å². The first-order valence-corrected chi connectivity index (χ1v) is 10.8. The zero-order valence-corrected chi connectivity index (χ0v) is 18.2. The summed E-state index contributed by atoms with van der Waals surface area (Å²) in [6.07, 6.45) is 10.4. The van der Waals surface area contributed by atoms with Gasteiger partial charge in [0, 0.05) is 24.2 Å².